The number of benzene rings is 2. The van der Waals surface area contributed by atoms with Gasteiger partial charge in [-0.3, -0.25) is 10.1 Å². The third kappa shape index (κ3) is 5.09. The van der Waals surface area contributed by atoms with Crippen molar-refractivity contribution >= 4 is 33.5 Å². The molecule has 1 amide bonds. The topological polar surface area (TPSA) is 102 Å². The Hall–Kier alpha value is -2.65. The van der Waals surface area contributed by atoms with Crippen molar-refractivity contribution in [1.82, 2.24) is 10.2 Å². The number of nitrogens with one attached hydrogen (secondary N) is 1. The number of carbonyl (C=O) groups excluding carboxylic acids is 1. The minimum absolute atomic E-state index is 0.0188. The molecule has 7 nitrogen and oxygen atoms in total. The summed E-state index contributed by atoms with van der Waals surface area (Å²) in [6.07, 6.45) is 0.327. The molecule has 1 aromatic heterocycles. The van der Waals surface area contributed by atoms with Crippen LogP contribution in [0.5, 0.6) is 0 Å². The smallest absolute Gasteiger partial charge is 0.322 e. The van der Waals surface area contributed by atoms with Crippen LogP contribution >= 0.6 is 11.8 Å². The predicted octanol–water partition coefficient (Wildman–Crippen LogP) is 4.21. The van der Waals surface area contributed by atoms with Gasteiger partial charge in [0.25, 0.3) is 5.91 Å². The molecular formula is C21H23N3O4S2. The number of rotatable bonds is 8. The number of thioether (sulfide) groups is 1. The zero-order valence-electron chi connectivity index (χ0n) is 17.0. The summed E-state index contributed by atoms with van der Waals surface area (Å²) in [7, 11) is -3.31. The second-order valence-electron chi connectivity index (χ2n) is 6.80. The number of amides is 1. The van der Waals surface area contributed by atoms with Crippen molar-refractivity contribution < 1.29 is 17.6 Å². The molecule has 0 unspecified atom stereocenters. The Kier molecular flexibility index (Phi) is 6.94. The molecule has 2 aromatic carbocycles. The highest BCUT2D eigenvalue weighted by Gasteiger charge is 2.19. The van der Waals surface area contributed by atoms with Crippen LogP contribution in [0.3, 0.4) is 0 Å². The molecule has 3 aromatic rings. The van der Waals surface area contributed by atoms with Gasteiger partial charge >= 0.3 is 6.01 Å². The van der Waals surface area contributed by atoms with Gasteiger partial charge in [-0.25, -0.2) is 8.42 Å². The van der Waals surface area contributed by atoms with Crippen LogP contribution in [0, 0.1) is 0 Å². The third-order valence-electron chi connectivity index (χ3n) is 4.35. The van der Waals surface area contributed by atoms with Crippen molar-refractivity contribution in [3.63, 3.8) is 0 Å². The highest BCUT2D eigenvalue weighted by Crippen LogP contribution is 2.23. The van der Waals surface area contributed by atoms with Crippen LogP contribution in [-0.4, -0.2) is 35.5 Å². The Bertz CT molecular complexity index is 1120. The van der Waals surface area contributed by atoms with Crippen molar-refractivity contribution in [2.24, 2.45) is 0 Å². The number of hydrogen-bond donors (Lipinski definition) is 1. The first-order chi connectivity index (χ1) is 14.3. The van der Waals surface area contributed by atoms with Crippen LogP contribution in [0.2, 0.25) is 0 Å². The molecule has 158 valence electrons. The quantitative estimate of drug-likeness (QED) is 0.518. The maximum atomic E-state index is 12.6. The fourth-order valence-electron chi connectivity index (χ4n) is 2.72. The summed E-state index contributed by atoms with van der Waals surface area (Å²) in [6.45, 7) is 5.32. The van der Waals surface area contributed by atoms with Crippen LogP contribution in [0.4, 0.5) is 6.01 Å². The van der Waals surface area contributed by atoms with Gasteiger partial charge in [0.15, 0.2) is 9.84 Å². The van der Waals surface area contributed by atoms with Crippen LogP contribution in [-0.2, 0) is 16.3 Å². The van der Waals surface area contributed by atoms with Gasteiger partial charge in [0.2, 0.25) is 5.89 Å². The fraction of sp³-hybridized carbons (Fsp3) is 0.286. The molecule has 0 bridgehead atoms. The fourth-order valence-corrected chi connectivity index (χ4v) is 4.58. The van der Waals surface area contributed by atoms with Crippen LogP contribution in [0.1, 0.15) is 42.6 Å². The van der Waals surface area contributed by atoms with Gasteiger partial charge in [-0.2, -0.15) is 0 Å². The summed E-state index contributed by atoms with van der Waals surface area (Å²) in [5.41, 5.74) is 1.37. The molecule has 0 saturated carbocycles. The molecule has 0 saturated heterocycles. The number of anilines is 1. The Morgan fingerprint density at radius 2 is 1.80 bits per heavy atom. The van der Waals surface area contributed by atoms with E-state index in [0.717, 1.165) is 16.2 Å². The van der Waals surface area contributed by atoms with Gasteiger partial charge in [0.05, 0.1) is 22.1 Å². The highest BCUT2D eigenvalue weighted by molar-refractivity contribution is 7.99. The van der Waals surface area contributed by atoms with E-state index < -0.39 is 15.1 Å². The first-order valence-corrected chi connectivity index (χ1v) is 12.0. The number of sulfone groups is 1. The molecule has 0 atom stereocenters. The Labute approximate surface area is 180 Å². The van der Waals surface area contributed by atoms with Gasteiger partial charge < -0.3 is 4.42 Å². The number of carbonyl (C=O) groups is 1. The molecule has 0 aliphatic carbocycles. The van der Waals surface area contributed by atoms with Crippen LogP contribution in [0.25, 0.3) is 0 Å². The zero-order valence-corrected chi connectivity index (χ0v) is 18.6. The maximum Gasteiger partial charge on any atom is 0.322 e. The van der Waals surface area contributed by atoms with Gasteiger partial charge in [-0.1, -0.05) is 36.3 Å². The van der Waals surface area contributed by atoms with E-state index in [4.69, 9.17) is 4.42 Å². The average molecular weight is 446 g/mol. The molecule has 9 heteroatoms. The molecule has 0 fully saturated rings. The lowest BCUT2D eigenvalue weighted by molar-refractivity contribution is 0.102. The van der Waals surface area contributed by atoms with E-state index in [-0.39, 0.29) is 16.8 Å². The van der Waals surface area contributed by atoms with Gasteiger partial charge in [0.1, 0.15) is 0 Å². The first-order valence-electron chi connectivity index (χ1n) is 9.49. The Morgan fingerprint density at radius 1 is 1.10 bits per heavy atom. The number of aromatic nitrogens is 2. The molecule has 0 aliphatic heterocycles. The first kappa shape index (κ1) is 22.0. The van der Waals surface area contributed by atoms with E-state index in [1.807, 2.05) is 19.1 Å². The maximum absolute atomic E-state index is 12.6. The van der Waals surface area contributed by atoms with E-state index in [2.05, 4.69) is 15.5 Å². The Balaban J connectivity index is 1.68. The van der Waals surface area contributed by atoms with E-state index in [9.17, 15) is 13.2 Å². The number of hydrogen-bond acceptors (Lipinski definition) is 7. The molecule has 0 spiro atoms. The summed E-state index contributed by atoms with van der Waals surface area (Å²) in [6, 6.07) is 13.9. The SMILES string of the molecule is CCSc1ccccc1C(=O)Nc1nnc(Cc2ccc(S(=O)(=O)C(C)C)cc2)o1. The van der Waals surface area contributed by atoms with Crippen molar-refractivity contribution in [2.45, 2.75) is 42.2 Å². The lowest BCUT2D eigenvalue weighted by atomic mass is 10.1. The van der Waals surface area contributed by atoms with Crippen LogP contribution in [0.15, 0.2) is 62.7 Å². The van der Waals surface area contributed by atoms with E-state index in [0.29, 0.717) is 17.9 Å². The highest BCUT2D eigenvalue weighted by atomic mass is 32.2. The van der Waals surface area contributed by atoms with Crippen LogP contribution < -0.4 is 5.32 Å². The normalized spacial score (nSPS) is 11.6. The van der Waals surface area contributed by atoms with E-state index in [1.165, 1.54) is 0 Å². The van der Waals surface area contributed by atoms with E-state index in [1.54, 1.807) is 62.0 Å². The van der Waals surface area contributed by atoms with Gasteiger partial charge in [-0.15, -0.1) is 16.9 Å². The molecule has 1 N–H and O–H groups in total. The van der Waals surface area contributed by atoms with Gasteiger partial charge in [-0.05, 0) is 49.4 Å². The monoisotopic (exact) mass is 445 g/mol. The zero-order chi connectivity index (χ0) is 21.7. The standard InChI is InChI=1S/C21H23N3O4S2/c1-4-29-18-8-6-5-7-17(18)20(25)22-21-24-23-19(28-21)13-15-9-11-16(12-10-15)30(26,27)14(2)3/h5-12,14H,4,13H2,1-3H3,(H,22,24,25). The molecule has 0 radical (unpaired) electrons. The summed E-state index contributed by atoms with van der Waals surface area (Å²) >= 11 is 1.58. The summed E-state index contributed by atoms with van der Waals surface area (Å²) in [5.74, 6) is 0.859. The van der Waals surface area contributed by atoms with Crippen molar-refractivity contribution in [3.05, 3.63) is 65.5 Å². The lowest BCUT2D eigenvalue weighted by Gasteiger charge is -2.08. The minimum atomic E-state index is -3.31. The van der Waals surface area contributed by atoms with E-state index >= 15 is 0 Å². The summed E-state index contributed by atoms with van der Waals surface area (Å²) in [4.78, 5) is 13.7. The largest absolute Gasteiger partial charge is 0.407 e. The minimum Gasteiger partial charge on any atom is -0.407 e. The van der Waals surface area contributed by atoms with Crippen molar-refractivity contribution in [2.75, 3.05) is 11.1 Å². The van der Waals surface area contributed by atoms with Gasteiger partial charge in [0, 0.05) is 4.90 Å². The average Bonchev–Trinajstić information content (AvgIpc) is 3.15. The summed E-state index contributed by atoms with van der Waals surface area (Å²) < 4.78 is 29.9. The third-order valence-corrected chi connectivity index (χ3v) is 7.47. The number of nitrogens with zero attached hydrogens (tertiary/aromatic N) is 2. The summed E-state index contributed by atoms with van der Waals surface area (Å²) in [5, 5.41) is 10.00. The lowest BCUT2D eigenvalue weighted by Crippen LogP contribution is -2.13. The molecule has 0 aliphatic rings. The van der Waals surface area contributed by atoms with Crippen molar-refractivity contribution in [3.8, 4) is 0 Å². The van der Waals surface area contributed by atoms with Crippen molar-refractivity contribution in [1.29, 1.82) is 0 Å². The predicted molar refractivity (Wildman–Crippen MR) is 117 cm³/mol. The molecule has 1 heterocycles. The molecule has 30 heavy (non-hydrogen) atoms. The Morgan fingerprint density at radius 3 is 2.47 bits per heavy atom. The molecule has 3 rings (SSSR count). The molecular weight excluding hydrogens is 422 g/mol. The second-order valence-corrected chi connectivity index (χ2v) is 10.6. The second kappa shape index (κ2) is 9.44.